The molecule has 0 amide bonds. The van der Waals surface area contributed by atoms with E-state index in [-0.39, 0.29) is 11.2 Å². The summed E-state index contributed by atoms with van der Waals surface area (Å²) >= 11 is 0. The summed E-state index contributed by atoms with van der Waals surface area (Å²) in [6, 6.07) is 1.18. The maximum absolute atomic E-state index is 12.0. The van der Waals surface area contributed by atoms with Gasteiger partial charge in [0.25, 0.3) is 5.56 Å². The van der Waals surface area contributed by atoms with E-state index in [4.69, 9.17) is 0 Å². The number of hydrogen-bond acceptors (Lipinski definition) is 4. The third-order valence-electron chi connectivity index (χ3n) is 4.09. The summed E-state index contributed by atoms with van der Waals surface area (Å²) in [5, 5.41) is 3.31. The van der Waals surface area contributed by atoms with E-state index in [1.54, 1.807) is 13.2 Å². The van der Waals surface area contributed by atoms with Gasteiger partial charge >= 0.3 is 5.69 Å². The Morgan fingerprint density at radius 1 is 1.40 bits per heavy atom. The van der Waals surface area contributed by atoms with Gasteiger partial charge in [0.15, 0.2) is 0 Å². The highest BCUT2D eigenvalue weighted by molar-refractivity contribution is 5.05. The van der Waals surface area contributed by atoms with Crippen LogP contribution in [0.15, 0.2) is 15.8 Å². The van der Waals surface area contributed by atoms with Gasteiger partial charge in [-0.15, -0.1) is 0 Å². The van der Waals surface area contributed by atoms with E-state index in [9.17, 15) is 9.59 Å². The Kier molecular flexibility index (Phi) is 4.45. The molecule has 0 aliphatic heterocycles. The molecule has 0 saturated heterocycles. The van der Waals surface area contributed by atoms with Gasteiger partial charge in [-0.2, -0.15) is 0 Å². The van der Waals surface area contributed by atoms with Gasteiger partial charge in [-0.1, -0.05) is 0 Å². The number of likely N-dealkylation sites (N-methyl/N-ethyl adjacent to an activating group) is 1. The Hall–Kier alpha value is -1.40. The van der Waals surface area contributed by atoms with E-state index < -0.39 is 0 Å². The predicted molar refractivity (Wildman–Crippen MR) is 78.9 cm³/mol. The van der Waals surface area contributed by atoms with Gasteiger partial charge in [0.2, 0.25) is 0 Å². The fourth-order valence-corrected chi connectivity index (χ4v) is 2.41. The summed E-state index contributed by atoms with van der Waals surface area (Å²) in [5.41, 5.74) is 0.111. The van der Waals surface area contributed by atoms with Gasteiger partial charge < -0.3 is 9.88 Å². The van der Waals surface area contributed by atoms with Crippen molar-refractivity contribution in [1.29, 1.82) is 0 Å². The van der Waals surface area contributed by atoms with Crippen molar-refractivity contribution in [3.8, 4) is 0 Å². The first-order valence-electron chi connectivity index (χ1n) is 7.10. The standard InChI is InChI=1S/C14H24N4O2/c1-10(17(3)12-5-6-12)7-15-8-11-9-16(2)14(20)18(4)13(11)19/h9-10,12,15H,5-8H2,1-4H3. The molecule has 0 spiro atoms. The molecule has 0 bridgehead atoms. The van der Waals surface area contributed by atoms with Crippen LogP contribution in [0.2, 0.25) is 0 Å². The second-order valence-electron chi connectivity index (χ2n) is 5.79. The van der Waals surface area contributed by atoms with Crippen molar-refractivity contribution >= 4 is 0 Å². The number of hydrogen-bond donors (Lipinski definition) is 1. The molecular formula is C14H24N4O2. The molecule has 1 aromatic rings. The molecule has 1 atom stereocenters. The summed E-state index contributed by atoms with van der Waals surface area (Å²) in [6.45, 7) is 3.51. The van der Waals surface area contributed by atoms with Crippen molar-refractivity contribution in [3.05, 3.63) is 32.6 Å². The van der Waals surface area contributed by atoms with Crippen LogP contribution in [-0.2, 0) is 20.6 Å². The maximum atomic E-state index is 12.0. The minimum absolute atomic E-state index is 0.219. The molecule has 6 heteroatoms. The smallest absolute Gasteiger partial charge is 0.311 e. The largest absolute Gasteiger partial charge is 0.330 e. The van der Waals surface area contributed by atoms with Crippen molar-refractivity contribution in [3.63, 3.8) is 0 Å². The summed E-state index contributed by atoms with van der Waals surface area (Å²) in [6.07, 6.45) is 4.21. The molecule has 1 unspecified atom stereocenters. The zero-order chi connectivity index (χ0) is 14.9. The van der Waals surface area contributed by atoms with Crippen LogP contribution < -0.4 is 16.6 Å². The zero-order valence-electron chi connectivity index (χ0n) is 12.7. The predicted octanol–water partition coefficient (Wildman–Crippen LogP) is -0.344. The topological polar surface area (TPSA) is 59.3 Å². The van der Waals surface area contributed by atoms with E-state index in [0.717, 1.165) is 17.2 Å². The second kappa shape index (κ2) is 5.93. The number of rotatable bonds is 6. The summed E-state index contributed by atoms with van der Waals surface area (Å²) < 4.78 is 2.59. The van der Waals surface area contributed by atoms with Crippen molar-refractivity contribution in [1.82, 2.24) is 19.4 Å². The van der Waals surface area contributed by atoms with Crippen LogP contribution in [0.3, 0.4) is 0 Å². The number of aryl methyl sites for hydroxylation is 1. The van der Waals surface area contributed by atoms with Crippen molar-refractivity contribution < 1.29 is 0 Å². The lowest BCUT2D eigenvalue weighted by Crippen LogP contribution is -2.42. The highest BCUT2D eigenvalue weighted by atomic mass is 16.2. The first-order valence-corrected chi connectivity index (χ1v) is 7.10. The van der Waals surface area contributed by atoms with Gasteiger partial charge in [-0.3, -0.25) is 14.3 Å². The normalized spacial score (nSPS) is 16.6. The van der Waals surface area contributed by atoms with E-state index >= 15 is 0 Å². The second-order valence-corrected chi connectivity index (χ2v) is 5.79. The molecule has 1 fully saturated rings. The van der Waals surface area contributed by atoms with Crippen LogP contribution in [0.5, 0.6) is 0 Å². The van der Waals surface area contributed by atoms with Crippen LogP contribution in [0.4, 0.5) is 0 Å². The molecule has 2 rings (SSSR count). The first kappa shape index (κ1) is 15.0. The average molecular weight is 280 g/mol. The summed E-state index contributed by atoms with van der Waals surface area (Å²) in [4.78, 5) is 25.9. The molecule has 1 saturated carbocycles. The van der Waals surface area contributed by atoms with E-state index in [2.05, 4.69) is 24.2 Å². The van der Waals surface area contributed by atoms with Gasteiger partial charge in [0.1, 0.15) is 0 Å². The Labute approximate surface area is 119 Å². The monoisotopic (exact) mass is 280 g/mol. The maximum Gasteiger partial charge on any atom is 0.330 e. The molecule has 112 valence electrons. The molecule has 0 radical (unpaired) electrons. The molecule has 1 heterocycles. The molecule has 20 heavy (non-hydrogen) atoms. The van der Waals surface area contributed by atoms with Gasteiger partial charge in [0.05, 0.1) is 0 Å². The van der Waals surface area contributed by atoms with Gasteiger partial charge in [0, 0.05) is 51.0 Å². The highest BCUT2D eigenvalue weighted by Crippen LogP contribution is 2.26. The van der Waals surface area contributed by atoms with Gasteiger partial charge in [-0.05, 0) is 26.8 Å². The molecule has 6 nitrogen and oxygen atoms in total. The van der Waals surface area contributed by atoms with Crippen molar-refractivity contribution in [2.24, 2.45) is 14.1 Å². The SMILES string of the molecule is CC(CNCc1cn(C)c(=O)n(C)c1=O)N(C)C1CC1. The Bertz CT molecular complexity index is 586. The Morgan fingerprint density at radius 3 is 2.65 bits per heavy atom. The Morgan fingerprint density at radius 2 is 2.05 bits per heavy atom. The lowest BCUT2D eigenvalue weighted by molar-refractivity contribution is 0.241. The minimum Gasteiger partial charge on any atom is -0.311 e. The first-order chi connectivity index (χ1) is 9.41. The average Bonchev–Trinajstić information content (AvgIpc) is 3.25. The van der Waals surface area contributed by atoms with Crippen molar-refractivity contribution in [2.75, 3.05) is 13.6 Å². The minimum atomic E-state index is -0.291. The fourth-order valence-electron chi connectivity index (χ4n) is 2.41. The molecule has 1 aromatic heterocycles. The lowest BCUT2D eigenvalue weighted by atomic mass is 10.2. The van der Waals surface area contributed by atoms with E-state index in [1.165, 1.54) is 24.5 Å². The van der Waals surface area contributed by atoms with Crippen LogP contribution in [0.25, 0.3) is 0 Å². The third-order valence-corrected chi connectivity index (χ3v) is 4.09. The third kappa shape index (κ3) is 3.19. The van der Waals surface area contributed by atoms with Crippen LogP contribution in [-0.4, -0.2) is 39.7 Å². The summed E-state index contributed by atoms with van der Waals surface area (Å²) in [7, 11) is 5.32. The molecule has 1 aliphatic carbocycles. The number of nitrogens with one attached hydrogen (secondary N) is 1. The molecular weight excluding hydrogens is 256 g/mol. The molecule has 0 aromatic carbocycles. The fraction of sp³-hybridized carbons (Fsp3) is 0.714. The molecule has 1 N–H and O–H groups in total. The number of aromatic nitrogens is 2. The van der Waals surface area contributed by atoms with E-state index in [0.29, 0.717) is 18.2 Å². The lowest BCUT2D eigenvalue weighted by Gasteiger charge is -2.24. The van der Waals surface area contributed by atoms with Crippen LogP contribution in [0, 0.1) is 0 Å². The summed E-state index contributed by atoms with van der Waals surface area (Å²) in [5.74, 6) is 0. The number of nitrogens with zero attached hydrogens (tertiary/aromatic N) is 3. The van der Waals surface area contributed by atoms with Gasteiger partial charge in [-0.25, -0.2) is 4.79 Å². The Balaban J connectivity index is 1.94. The van der Waals surface area contributed by atoms with Crippen molar-refractivity contribution in [2.45, 2.75) is 38.4 Å². The van der Waals surface area contributed by atoms with Crippen LogP contribution >= 0.6 is 0 Å². The quantitative estimate of drug-likeness (QED) is 0.774. The van der Waals surface area contributed by atoms with E-state index in [1.807, 2.05) is 0 Å². The highest BCUT2D eigenvalue weighted by Gasteiger charge is 2.28. The van der Waals surface area contributed by atoms with Crippen LogP contribution in [0.1, 0.15) is 25.3 Å². The molecule has 1 aliphatic rings. The zero-order valence-corrected chi connectivity index (χ0v) is 12.7.